The molecule has 0 saturated heterocycles. The van der Waals surface area contributed by atoms with Crippen molar-refractivity contribution in [3.05, 3.63) is 23.3 Å². The van der Waals surface area contributed by atoms with Gasteiger partial charge in [0.2, 0.25) is 0 Å². The minimum absolute atomic E-state index is 0.470. The number of methoxy groups -OCH3 is 2. The van der Waals surface area contributed by atoms with Gasteiger partial charge in [-0.25, -0.2) is 0 Å². The lowest BCUT2D eigenvalue weighted by Crippen LogP contribution is -2.08. The molecule has 0 aliphatic rings. The molecular formula is C11H16ClNO2. The van der Waals surface area contributed by atoms with Gasteiger partial charge in [-0.05, 0) is 30.3 Å². The highest BCUT2D eigenvalue weighted by Gasteiger charge is 2.09. The Balaban J connectivity index is 3.15. The average Bonchev–Trinajstić information content (AvgIpc) is 2.28. The Morgan fingerprint density at radius 2 is 1.67 bits per heavy atom. The second kappa shape index (κ2) is 5.83. The van der Waals surface area contributed by atoms with Crippen molar-refractivity contribution >= 4 is 11.6 Å². The lowest BCUT2D eigenvalue weighted by molar-refractivity contribution is 0.354. The highest BCUT2D eigenvalue weighted by atomic mass is 35.5. The summed E-state index contributed by atoms with van der Waals surface area (Å²) in [4.78, 5) is 0. The summed E-state index contributed by atoms with van der Waals surface area (Å²) >= 11 is 5.87. The SMILES string of the molecule is CNCc1cc(OC)c(OC)cc1CCl. The summed E-state index contributed by atoms with van der Waals surface area (Å²) in [5.41, 5.74) is 2.19. The molecule has 0 radical (unpaired) electrons. The van der Waals surface area contributed by atoms with E-state index in [1.165, 1.54) is 0 Å². The molecule has 1 aromatic carbocycles. The standard InChI is InChI=1S/C11H16ClNO2/c1-13-7-9-5-11(15-3)10(14-2)4-8(9)6-12/h4-5,13H,6-7H2,1-3H3. The van der Waals surface area contributed by atoms with Gasteiger partial charge >= 0.3 is 0 Å². The fraction of sp³-hybridized carbons (Fsp3) is 0.455. The molecule has 1 aromatic rings. The van der Waals surface area contributed by atoms with Gasteiger partial charge in [0, 0.05) is 12.4 Å². The van der Waals surface area contributed by atoms with Gasteiger partial charge in [-0.3, -0.25) is 0 Å². The lowest BCUT2D eigenvalue weighted by atomic mass is 10.1. The maximum atomic E-state index is 5.87. The first-order valence-electron chi connectivity index (χ1n) is 4.71. The van der Waals surface area contributed by atoms with Gasteiger partial charge in [0.25, 0.3) is 0 Å². The summed E-state index contributed by atoms with van der Waals surface area (Å²) in [5.74, 6) is 1.92. The molecule has 1 N–H and O–H groups in total. The minimum atomic E-state index is 0.470. The second-order valence-electron chi connectivity index (χ2n) is 3.14. The predicted octanol–water partition coefficient (Wildman–Crippen LogP) is 2.16. The Kier molecular flexibility index (Phi) is 4.72. The molecule has 0 aliphatic heterocycles. The normalized spacial score (nSPS) is 10.1. The molecule has 0 spiro atoms. The van der Waals surface area contributed by atoms with Crippen molar-refractivity contribution in [3.63, 3.8) is 0 Å². The van der Waals surface area contributed by atoms with Crippen molar-refractivity contribution in [2.75, 3.05) is 21.3 Å². The number of hydrogen-bond donors (Lipinski definition) is 1. The Bertz CT molecular complexity index is 329. The number of nitrogens with one attached hydrogen (secondary N) is 1. The maximum absolute atomic E-state index is 5.87. The first kappa shape index (κ1) is 12.1. The van der Waals surface area contributed by atoms with E-state index in [1.807, 2.05) is 19.2 Å². The van der Waals surface area contributed by atoms with Crippen LogP contribution in [0, 0.1) is 0 Å². The minimum Gasteiger partial charge on any atom is -0.493 e. The molecule has 0 fully saturated rings. The monoisotopic (exact) mass is 229 g/mol. The molecule has 4 heteroatoms. The van der Waals surface area contributed by atoms with E-state index in [0.29, 0.717) is 11.6 Å². The highest BCUT2D eigenvalue weighted by molar-refractivity contribution is 6.17. The van der Waals surface area contributed by atoms with E-state index in [4.69, 9.17) is 21.1 Å². The molecule has 15 heavy (non-hydrogen) atoms. The topological polar surface area (TPSA) is 30.5 Å². The van der Waals surface area contributed by atoms with Crippen molar-refractivity contribution < 1.29 is 9.47 Å². The van der Waals surface area contributed by atoms with Crippen LogP contribution in [0.15, 0.2) is 12.1 Å². The molecule has 0 bridgehead atoms. The molecule has 84 valence electrons. The molecule has 1 rings (SSSR count). The smallest absolute Gasteiger partial charge is 0.161 e. The van der Waals surface area contributed by atoms with Gasteiger partial charge in [-0.2, -0.15) is 0 Å². The van der Waals surface area contributed by atoms with Crippen molar-refractivity contribution in [1.29, 1.82) is 0 Å². The van der Waals surface area contributed by atoms with E-state index in [2.05, 4.69) is 5.32 Å². The Hall–Kier alpha value is -0.930. The first-order valence-corrected chi connectivity index (χ1v) is 5.24. The molecule has 0 amide bonds. The Morgan fingerprint density at radius 1 is 1.13 bits per heavy atom. The molecule has 0 aliphatic carbocycles. The first-order chi connectivity index (χ1) is 7.26. The molecule has 0 atom stereocenters. The van der Waals surface area contributed by atoms with E-state index in [9.17, 15) is 0 Å². The van der Waals surface area contributed by atoms with Crippen LogP contribution in [-0.2, 0) is 12.4 Å². The summed E-state index contributed by atoms with van der Waals surface area (Å²) in [7, 11) is 5.14. The number of alkyl halides is 1. The summed E-state index contributed by atoms with van der Waals surface area (Å²) in [5, 5.41) is 3.09. The van der Waals surface area contributed by atoms with E-state index in [0.717, 1.165) is 23.4 Å². The van der Waals surface area contributed by atoms with Gasteiger partial charge in [0.15, 0.2) is 11.5 Å². The molecule has 0 unspecified atom stereocenters. The Morgan fingerprint density at radius 3 is 2.07 bits per heavy atom. The highest BCUT2D eigenvalue weighted by Crippen LogP contribution is 2.31. The number of hydrogen-bond acceptors (Lipinski definition) is 3. The summed E-state index contributed by atoms with van der Waals surface area (Å²) in [6.07, 6.45) is 0. The van der Waals surface area contributed by atoms with Crippen LogP contribution in [0.3, 0.4) is 0 Å². The maximum Gasteiger partial charge on any atom is 0.161 e. The molecule has 3 nitrogen and oxygen atoms in total. The molecule has 0 heterocycles. The van der Waals surface area contributed by atoms with Gasteiger partial charge < -0.3 is 14.8 Å². The van der Waals surface area contributed by atoms with Crippen LogP contribution >= 0.6 is 11.6 Å². The predicted molar refractivity (Wildman–Crippen MR) is 61.9 cm³/mol. The van der Waals surface area contributed by atoms with E-state index in [1.54, 1.807) is 14.2 Å². The zero-order chi connectivity index (χ0) is 11.3. The van der Waals surface area contributed by atoms with Gasteiger partial charge in [0.1, 0.15) is 0 Å². The van der Waals surface area contributed by atoms with Crippen LogP contribution in [0.1, 0.15) is 11.1 Å². The second-order valence-corrected chi connectivity index (χ2v) is 3.41. The van der Waals surface area contributed by atoms with Gasteiger partial charge in [-0.1, -0.05) is 0 Å². The number of rotatable bonds is 5. The van der Waals surface area contributed by atoms with Crippen LogP contribution in [-0.4, -0.2) is 21.3 Å². The number of halogens is 1. The summed E-state index contributed by atoms with van der Waals surface area (Å²) in [6, 6.07) is 3.87. The van der Waals surface area contributed by atoms with Crippen molar-refractivity contribution in [2.24, 2.45) is 0 Å². The lowest BCUT2D eigenvalue weighted by Gasteiger charge is -2.13. The molecule has 0 aromatic heterocycles. The van der Waals surface area contributed by atoms with Crippen LogP contribution < -0.4 is 14.8 Å². The third-order valence-corrected chi connectivity index (χ3v) is 2.50. The van der Waals surface area contributed by atoms with Crippen LogP contribution in [0.5, 0.6) is 11.5 Å². The molecule has 0 saturated carbocycles. The zero-order valence-electron chi connectivity index (χ0n) is 9.26. The quantitative estimate of drug-likeness (QED) is 0.785. The zero-order valence-corrected chi connectivity index (χ0v) is 10.0. The van der Waals surface area contributed by atoms with Crippen molar-refractivity contribution in [1.82, 2.24) is 5.32 Å². The third-order valence-electron chi connectivity index (χ3n) is 2.22. The average molecular weight is 230 g/mol. The molecular weight excluding hydrogens is 214 g/mol. The number of ether oxygens (including phenoxy) is 2. The largest absolute Gasteiger partial charge is 0.493 e. The van der Waals surface area contributed by atoms with Crippen LogP contribution in [0.25, 0.3) is 0 Å². The van der Waals surface area contributed by atoms with E-state index in [-0.39, 0.29) is 0 Å². The van der Waals surface area contributed by atoms with Crippen molar-refractivity contribution in [3.8, 4) is 11.5 Å². The Labute approximate surface area is 95.3 Å². The van der Waals surface area contributed by atoms with Crippen molar-refractivity contribution in [2.45, 2.75) is 12.4 Å². The van der Waals surface area contributed by atoms with Crippen LogP contribution in [0.2, 0.25) is 0 Å². The summed E-state index contributed by atoms with van der Waals surface area (Å²) < 4.78 is 10.4. The fourth-order valence-electron chi connectivity index (χ4n) is 1.44. The fourth-order valence-corrected chi connectivity index (χ4v) is 1.69. The summed E-state index contributed by atoms with van der Waals surface area (Å²) in [6.45, 7) is 0.766. The van der Waals surface area contributed by atoms with Gasteiger partial charge in [0.05, 0.1) is 14.2 Å². The van der Waals surface area contributed by atoms with Crippen LogP contribution in [0.4, 0.5) is 0 Å². The third kappa shape index (κ3) is 2.76. The number of benzene rings is 1. The van der Waals surface area contributed by atoms with Gasteiger partial charge in [-0.15, -0.1) is 11.6 Å². The van der Waals surface area contributed by atoms with E-state index < -0.39 is 0 Å². The van der Waals surface area contributed by atoms with E-state index >= 15 is 0 Å².